The SMILES string of the molecule is C1=C(c2c(OCCN3CCCC3)ccc3ccccc23)CCOC1. The van der Waals surface area contributed by atoms with Gasteiger partial charge in [-0.1, -0.05) is 36.4 Å². The van der Waals surface area contributed by atoms with E-state index >= 15 is 0 Å². The van der Waals surface area contributed by atoms with E-state index in [4.69, 9.17) is 9.47 Å². The molecule has 0 aromatic heterocycles. The molecule has 3 nitrogen and oxygen atoms in total. The van der Waals surface area contributed by atoms with Crippen molar-refractivity contribution in [2.24, 2.45) is 0 Å². The van der Waals surface area contributed by atoms with Crippen molar-refractivity contribution in [3.8, 4) is 5.75 Å². The van der Waals surface area contributed by atoms with Gasteiger partial charge in [-0.3, -0.25) is 4.90 Å². The van der Waals surface area contributed by atoms with Crippen molar-refractivity contribution in [3.63, 3.8) is 0 Å². The lowest BCUT2D eigenvalue weighted by Gasteiger charge is -2.21. The number of rotatable bonds is 5. The first kappa shape index (κ1) is 15.7. The average Bonchev–Trinajstić information content (AvgIpc) is 3.15. The van der Waals surface area contributed by atoms with E-state index in [2.05, 4.69) is 47.4 Å². The summed E-state index contributed by atoms with van der Waals surface area (Å²) in [6.45, 7) is 5.71. The molecule has 1 fully saturated rings. The van der Waals surface area contributed by atoms with Crippen molar-refractivity contribution in [2.75, 3.05) is 39.5 Å². The van der Waals surface area contributed by atoms with Crippen LogP contribution in [0.3, 0.4) is 0 Å². The summed E-state index contributed by atoms with van der Waals surface area (Å²) in [5.74, 6) is 1.01. The summed E-state index contributed by atoms with van der Waals surface area (Å²) in [5, 5.41) is 2.55. The zero-order valence-electron chi connectivity index (χ0n) is 14.2. The minimum atomic E-state index is 0.700. The summed E-state index contributed by atoms with van der Waals surface area (Å²) in [6.07, 6.45) is 5.82. The fourth-order valence-electron chi connectivity index (χ4n) is 3.75. The first-order valence-corrected chi connectivity index (χ1v) is 9.06. The highest BCUT2D eigenvalue weighted by molar-refractivity contribution is 5.96. The summed E-state index contributed by atoms with van der Waals surface area (Å²) < 4.78 is 11.7. The second-order valence-corrected chi connectivity index (χ2v) is 6.61. The van der Waals surface area contributed by atoms with Crippen molar-refractivity contribution in [2.45, 2.75) is 19.3 Å². The number of benzene rings is 2. The van der Waals surface area contributed by atoms with E-state index in [1.54, 1.807) is 0 Å². The molecule has 2 aromatic carbocycles. The van der Waals surface area contributed by atoms with Gasteiger partial charge in [-0.15, -0.1) is 0 Å². The van der Waals surface area contributed by atoms with Crippen LogP contribution < -0.4 is 4.74 Å². The molecule has 3 heteroatoms. The maximum atomic E-state index is 6.24. The topological polar surface area (TPSA) is 21.7 Å². The maximum Gasteiger partial charge on any atom is 0.127 e. The van der Waals surface area contributed by atoms with Crippen LogP contribution in [0.2, 0.25) is 0 Å². The Kier molecular flexibility index (Phi) is 4.81. The Morgan fingerprint density at radius 3 is 2.75 bits per heavy atom. The van der Waals surface area contributed by atoms with Gasteiger partial charge < -0.3 is 9.47 Å². The molecular formula is C21H25NO2. The maximum absolute atomic E-state index is 6.24. The highest BCUT2D eigenvalue weighted by Gasteiger charge is 2.16. The van der Waals surface area contributed by atoms with Crippen molar-refractivity contribution in [1.29, 1.82) is 0 Å². The normalized spacial score (nSPS) is 18.8. The Bertz CT molecular complexity index is 732. The number of hydrogen-bond acceptors (Lipinski definition) is 3. The van der Waals surface area contributed by atoms with E-state index in [0.29, 0.717) is 6.61 Å². The lowest BCUT2D eigenvalue weighted by Crippen LogP contribution is -2.25. The van der Waals surface area contributed by atoms with E-state index in [-0.39, 0.29) is 0 Å². The van der Waals surface area contributed by atoms with Crippen LogP contribution in [-0.2, 0) is 4.74 Å². The molecule has 0 saturated carbocycles. The fraction of sp³-hybridized carbons (Fsp3) is 0.429. The molecule has 0 spiro atoms. The number of ether oxygens (including phenoxy) is 2. The zero-order chi connectivity index (χ0) is 16.2. The molecule has 0 bridgehead atoms. The van der Waals surface area contributed by atoms with Gasteiger partial charge in [0.25, 0.3) is 0 Å². The number of fused-ring (bicyclic) bond motifs is 1. The van der Waals surface area contributed by atoms with Gasteiger partial charge in [-0.2, -0.15) is 0 Å². The second kappa shape index (κ2) is 7.37. The van der Waals surface area contributed by atoms with Gasteiger partial charge >= 0.3 is 0 Å². The van der Waals surface area contributed by atoms with Crippen molar-refractivity contribution in [3.05, 3.63) is 48.0 Å². The van der Waals surface area contributed by atoms with E-state index in [1.807, 2.05) is 0 Å². The van der Waals surface area contributed by atoms with Gasteiger partial charge in [0.2, 0.25) is 0 Å². The van der Waals surface area contributed by atoms with Crippen LogP contribution in [0.5, 0.6) is 5.75 Å². The van der Waals surface area contributed by atoms with Crippen LogP contribution in [0, 0.1) is 0 Å². The predicted octanol–water partition coefficient (Wildman–Crippen LogP) is 4.12. The Hall–Kier alpha value is -1.84. The quantitative estimate of drug-likeness (QED) is 0.826. The summed E-state index contributed by atoms with van der Waals surface area (Å²) in [7, 11) is 0. The Labute approximate surface area is 143 Å². The molecule has 0 amide bonds. The van der Waals surface area contributed by atoms with E-state index < -0.39 is 0 Å². The average molecular weight is 323 g/mol. The highest BCUT2D eigenvalue weighted by Crippen LogP contribution is 2.36. The van der Waals surface area contributed by atoms with Crippen LogP contribution >= 0.6 is 0 Å². The third-order valence-corrected chi connectivity index (χ3v) is 5.04. The molecule has 0 N–H and O–H groups in total. The predicted molar refractivity (Wildman–Crippen MR) is 98.5 cm³/mol. The summed E-state index contributed by atoms with van der Waals surface area (Å²) in [6, 6.07) is 12.9. The molecule has 24 heavy (non-hydrogen) atoms. The van der Waals surface area contributed by atoms with Crippen molar-refractivity contribution < 1.29 is 9.47 Å². The lowest BCUT2D eigenvalue weighted by molar-refractivity contribution is 0.161. The van der Waals surface area contributed by atoms with Crippen LogP contribution in [0.4, 0.5) is 0 Å². The van der Waals surface area contributed by atoms with Gasteiger partial charge in [0.1, 0.15) is 12.4 Å². The summed E-state index contributed by atoms with van der Waals surface area (Å²) in [5.41, 5.74) is 2.62. The largest absolute Gasteiger partial charge is 0.492 e. The molecule has 4 rings (SSSR count). The van der Waals surface area contributed by atoms with E-state index in [1.165, 1.54) is 47.8 Å². The molecule has 2 aliphatic heterocycles. The molecule has 1 saturated heterocycles. The number of hydrogen-bond donors (Lipinski definition) is 0. The van der Waals surface area contributed by atoms with Crippen molar-refractivity contribution in [1.82, 2.24) is 4.90 Å². The van der Waals surface area contributed by atoms with E-state index in [0.717, 1.165) is 31.9 Å². The molecule has 2 aromatic rings. The first-order chi connectivity index (χ1) is 11.9. The molecule has 2 aliphatic rings. The van der Waals surface area contributed by atoms with Crippen molar-refractivity contribution >= 4 is 16.3 Å². The Morgan fingerprint density at radius 1 is 1.04 bits per heavy atom. The molecule has 0 atom stereocenters. The van der Waals surface area contributed by atoms with Gasteiger partial charge in [-0.05, 0) is 54.8 Å². The first-order valence-electron chi connectivity index (χ1n) is 9.06. The van der Waals surface area contributed by atoms with Gasteiger partial charge in [0.05, 0.1) is 13.2 Å². The Balaban J connectivity index is 1.62. The van der Waals surface area contributed by atoms with Gasteiger partial charge in [0, 0.05) is 12.1 Å². The number of nitrogens with zero attached hydrogens (tertiary/aromatic N) is 1. The fourth-order valence-corrected chi connectivity index (χ4v) is 3.75. The zero-order valence-corrected chi connectivity index (χ0v) is 14.2. The highest BCUT2D eigenvalue weighted by atomic mass is 16.5. The molecule has 0 radical (unpaired) electrons. The second-order valence-electron chi connectivity index (χ2n) is 6.61. The van der Waals surface area contributed by atoms with Crippen LogP contribution in [0.15, 0.2) is 42.5 Å². The molecule has 126 valence electrons. The summed E-state index contributed by atoms with van der Waals surface area (Å²) >= 11 is 0. The van der Waals surface area contributed by atoms with Crippen LogP contribution in [0.25, 0.3) is 16.3 Å². The summed E-state index contributed by atoms with van der Waals surface area (Å²) in [4.78, 5) is 2.49. The molecular weight excluding hydrogens is 298 g/mol. The van der Waals surface area contributed by atoms with Gasteiger partial charge in [0.15, 0.2) is 0 Å². The Morgan fingerprint density at radius 2 is 1.92 bits per heavy atom. The molecule has 0 unspecified atom stereocenters. The minimum absolute atomic E-state index is 0.700. The molecule has 0 aliphatic carbocycles. The monoisotopic (exact) mass is 323 g/mol. The molecule has 2 heterocycles. The smallest absolute Gasteiger partial charge is 0.127 e. The standard InChI is InChI=1S/C21H25NO2/c1-2-6-19-17(5-1)7-8-20(21(19)18-9-14-23-15-10-18)24-16-13-22-11-3-4-12-22/h1-2,5-9H,3-4,10-16H2. The minimum Gasteiger partial charge on any atom is -0.492 e. The van der Waals surface area contributed by atoms with E-state index in [9.17, 15) is 0 Å². The lowest BCUT2D eigenvalue weighted by atomic mass is 9.94. The third-order valence-electron chi connectivity index (χ3n) is 5.04. The van der Waals surface area contributed by atoms with Gasteiger partial charge in [-0.25, -0.2) is 0 Å². The van der Waals surface area contributed by atoms with Crippen LogP contribution in [0.1, 0.15) is 24.8 Å². The third kappa shape index (κ3) is 3.33. The van der Waals surface area contributed by atoms with Crippen LogP contribution in [-0.4, -0.2) is 44.4 Å². The number of likely N-dealkylation sites (tertiary alicyclic amines) is 1.